The van der Waals surface area contributed by atoms with E-state index in [1.807, 2.05) is 18.9 Å². The lowest BCUT2D eigenvalue weighted by Gasteiger charge is -2.19. The average molecular weight is 191 g/mol. The third kappa shape index (κ3) is 8.18. The van der Waals surface area contributed by atoms with Gasteiger partial charge >= 0.3 is 0 Å². The number of hydrogen-bond donors (Lipinski definition) is 1. The number of aliphatic hydroxyl groups is 1. The normalized spacial score (nSPS) is 13.6. The Balaban J connectivity index is 3.32. The average Bonchev–Trinajstić information content (AvgIpc) is 2.05. The van der Waals surface area contributed by atoms with Crippen molar-refractivity contribution in [2.45, 2.75) is 13.0 Å². The summed E-state index contributed by atoms with van der Waals surface area (Å²) >= 11 is 0. The SMILES string of the molecule is CCOCCN(C)CC(O)COC. The minimum absolute atomic E-state index is 0.388. The number of methoxy groups -OCH3 is 1. The molecule has 80 valence electrons. The lowest BCUT2D eigenvalue weighted by Crippen LogP contribution is -2.34. The van der Waals surface area contributed by atoms with E-state index < -0.39 is 6.10 Å². The Labute approximate surface area is 80.4 Å². The van der Waals surface area contributed by atoms with Crippen molar-refractivity contribution >= 4 is 0 Å². The summed E-state index contributed by atoms with van der Waals surface area (Å²) in [5.41, 5.74) is 0. The summed E-state index contributed by atoms with van der Waals surface area (Å²) in [6.45, 7) is 5.29. The van der Waals surface area contributed by atoms with Crippen LogP contribution >= 0.6 is 0 Å². The molecule has 0 aliphatic rings. The molecule has 0 radical (unpaired) electrons. The van der Waals surface area contributed by atoms with Crippen LogP contribution in [0, 0.1) is 0 Å². The Kier molecular flexibility index (Phi) is 8.33. The number of rotatable bonds is 8. The van der Waals surface area contributed by atoms with Gasteiger partial charge < -0.3 is 19.5 Å². The monoisotopic (exact) mass is 191 g/mol. The number of aliphatic hydroxyl groups excluding tert-OH is 1. The lowest BCUT2D eigenvalue weighted by molar-refractivity contribution is 0.0357. The van der Waals surface area contributed by atoms with Crippen LogP contribution in [-0.2, 0) is 9.47 Å². The number of nitrogens with zero attached hydrogens (tertiary/aromatic N) is 1. The molecule has 0 bridgehead atoms. The highest BCUT2D eigenvalue weighted by Gasteiger charge is 2.06. The van der Waals surface area contributed by atoms with Crippen LogP contribution in [0.2, 0.25) is 0 Å². The quantitative estimate of drug-likeness (QED) is 0.547. The highest BCUT2D eigenvalue weighted by molar-refractivity contribution is 4.59. The molecule has 0 saturated heterocycles. The second-order valence-corrected chi connectivity index (χ2v) is 3.07. The number of ether oxygens (including phenoxy) is 2. The summed E-state index contributed by atoms with van der Waals surface area (Å²) in [5.74, 6) is 0. The van der Waals surface area contributed by atoms with Gasteiger partial charge in [-0.2, -0.15) is 0 Å². The molecule has 0 saturated carbocycles. The van der Waals surface area contributed by atoms with E-state index in [-0.39, 0.29) is 0 Å². The lowest BCUT2D eigenvalue weighted by atomic mass is 10.3. The van der Waals surface area contributed by atoms with Gasteiger partial charge in [-0.05, 0) is 14.0 Å². The summed E-state index contributed by atoms with van der Waals surface area (Å²) < 4.78 is 10.0. The van der Waals surface area contributed by atoms with Crippen LogP contribution in [0.3, 0.4) is 0 Å². The first-order valence-corrected chi connectivity index (χ1v) is 4.64. The Morgan fingerprint density at radius 1 is 1.46 bits per heavy atom. The van der Waals surface area contributed by atoms with Crippen molar-refractivity contribution in [1.82, 2.24) is 4.90 Å². The van der Waals surface area contributed by atoms with Crippen molar-refractivity contribution < 1.29 is 14.6 Å². The van der Waals surface area contributed by atoms with Gasteiger partial charge in [0.1, 0.15) is 0 Å². The first kappa shape index (κ1) is 12.8. The fraction of sp³-hybridized carbons (Fsp3) is 1.00. The zero-order valence-corrected chi connectivity index (χ0v) is 8.82. The highest BCUT2D eigenvalue weighted by Crippen LogP contribution is 1.90. The molecule has 1 N–H and O–H groups in total. The second kappa shape index (κ2) is 8.44. The van der Waals surface area contributed by atoms with Crippen LogP contribution in [0.1, 0.15) is 6.92 Å². The van der Waals surface area contributed by atoms with Crippen molar-refractivity contribution in [3.8, 4) is 0 Å². The Morgan fingerprint density at radius 3 is 2.69 bits per heavy atom. The summed E-state index contributed by atoms with van der Waals surface area (Å²) in [7, 11) is 3.54. The van der Waals surface area contributed by atoms with Crippen molar-refractivity contribution in [1.29, 1.82) is 0 Å². The van der Waals surface area contributed by atoms with Gasteiger partial charge in [-0.3, -0.25) is 0 Å². The van der Waals surface area contributed by atoms with Crippen LogP contribution in [-0.4, -0.2) is 63.2 Å². The minimum Gasteiger partial charge on any atom is -0.389 e. The largest absolute Gasteiger partial charge is 0.389 e. The third-order valence-electron chi connectivity index (χ3n) is 1.70. The van der Waals surface area contributed by atoms with Gasteiger partial charge in [0.2, 0.25) is 0 Å². The van der Waals surface area contributed by atoms with Crippen LogP contribution in [0.4, 0.5) is 0 Å². The molecule has 1 atom stereocenters. The molecule has 1 unspecified atom stereocenters. The standard InChI is InChI=1S/C9H21NO3/c1-4-13-6-5-10(2)7-9(11)8-12-3/h9,11H,4-8H2,1-3H3. The Bertz CT molecular complexity index is 111. The Morgan fingerprint density at radius 2 is 2.15 bits per heavy atom. The topological polar surface area (TPSA) is 41.9 Å². The van der Waals surface area contributed by atoms with Crippen molar-refractivity contribution in [2.24, 2.45) is 0 Å². The van der Waals surface area contributed by atoms with Crippen LogP contribution < -0.4 is 0 Å². The first-order chi connectivity index (χ1) is 6.20. The maximum absolute atomic E-state index is 9.37. The molecule has 0 rings (SSSR count). The molecule has 0 aromatic rings. The maximum atomic E-state index is 9.37. The highest BCUT2D eigenvalue weighted by atomic mass is 16.5. The van der Waals surface area contributed by atoms with E-state index >= 15 is 0 Å². The van der Waals surface area contributed by atoms with Crippen LogP contribution in [0.25, 0.3) is 0 Å². The van der Waals surface area contributed by atoms with Gasteiger partial charge in [0.15, 0.2) is 0 Å². The van der Waals surface area contributed by atoms with E-state index in [4.69, 9.17) is 9.47 Å². The molecule has 4 heteroatoms. The maximum Gasteiger partial charge on any atom is 0.0899 e. The summed E-state index contributed by atoms with van der Waals surface area (Å²) in [6, 6.07) is 0. The van der Waals surface area contributed by atoms with Crippen molar-refractivity contribution in [2.75, 3.05) is 47.1 Å². The first-order valence-electron chi connectivity index (χ1n) is 4.64. The van der Waals surface area contributed by atoms with Crippen molar-refractivity contribution in [3.05, 3.63) is 0 Å². The zero-order valence-electron chi connectivity index (χ0n) is 8.82. The fourth-order valence-electron chi connectivity index (χ4n) is 1.06. The molecule has 0 aliphatic heterocycles. The summed E-state index contributed by atoms with van der Waals surface area (Å²) in [4.78, 5) is 2.03. The fourth-order valence-corrected chi connectivity index (χ4v) is 1.06. The van der Waals surface area contributed by atoms with Gasteiger partial charge in [0, 0.05) is 26.8 Å². The minimum atomic E-state index is -0.406. The zero-order chi connectivity index (χ0) is 10.1. The van der Waals surface area contributed by atoms with Crippen LogP contribution in [0.5, 0.6) is 0 Å². The molecular weight excluding hydrogens is 170 g/mol. The predicted octanol–water partition coefficient (Wildman–Crippen LogP) is -0.0380. The molecule has 0 heterocycles. The molecule has 0 spiro atoms. The molecule has 0 aliphatic carbocycles. The summed E-state index contributed by atoms with van der Waals surface area (Å²) in [6.07, 6.45) is -0.406. The van der Waals surface area contributed by atoms with E-state index in [1.165, 1.54) is 0 Å². The number of likely N-dealkylation sites (N-methyl/N-ethyl adjacent to an activating group) is 1. The molecule has 0 amide bonds. The van der Waals surface area contributed by atoms with E-state index in [0.29, 0.717) is 19.8 Å². The van der Waals surface area contributed by atoms with E-state index in [9.17, 15) is 5.11 Å². The third-order valence-corrected chi connectivity index (χ3v) is 1.70. The number of hydrogen-bond acceptors (Lipinski definition) is 4. The predicted molar refractivity (Wildman–Crippen MR) is 51.9 cm³/mol. The van der Waals surface area contributed by atoms with E-state index in [0.717, 1.165) is 13.2 Å². The molecule has 0 aromatic heterocycles. The summed E-state index contributed by atoms with van der Waals surface area (Å²) in [5, 5.41) is 9.37. The second-order valence-electron chi connectivity index (χ2n) is 3.07. The molecule has 0 aromatic carbocycles. The van der Waals surface area contributed by atoms with Gasteiger partial charge in [-0.15, -0.1) is 0 Å². The van der Waals surface area contributed by atoms with Gasteiger partial charge in [0.25, 0.3) is 0 Å². The Hall–Kier alpha value is -0.160. The molecular formula is C9H21NO3. The molecule has 4 nitrogen and oxygen atoms in total. The molecule has 0 fully saturated rings. The smallest absolute Gasteiger partial charge is 0.0899 e. The van der Waals surface area contributed by atoms with Crippen LogP contribution in [0.15, 0.2) is 0 Å². The van der Waals surface area contributed by atoms with Gasteiger partial charge in [0.05, 0.1) is 19.3 Å². The van der Waals surface area contributed by atoms with Crippen molar-refractivity contribution in [3.63, 3.8) is 0 Å². The van der Waals surface area contributed by atoms with E-state index in [1.54, 1.807) is 7.11 Å². The molecule has 13 heavy (non-hydrogen) atoms. The van der Waals surface area contributed by atoms with E-state index in [2.05, 4.69) is 0 Å². The van der Waals surface area contributed by atoms with Gasteiger partial charge in [-0.25, -0.2) is 0 Å². The van der Waals surface area contributed by atoms with Gasteiger partial charge in [-0.1, -0.05) is 0 Å².